The van der Waals surface area contributed by atoms with E-state index in [0.29, 0.717) is 6.04 Å². The van der Waals surface area contributed by atoms with Crippen molar-refractivity contribution < 1.29 is 0 Å². The molecule has 100 valence electrons. The molecule has 0 saturated carbocycles. The number of aromatic amines is 1. The second kappa shape index (κ2) is 5.63. The molecule has 0 spiro atoms. The maximum atomic E-state index is 6.03. The molecule has 1 aromatic carbocycles. The van der Waals surface area contributed by atoms with Crippen molar-refractivity contribution in [3.8, 4) is 0 Å². The second-order valence-corrected chi connectivity index (χ2v) is 5.26. The van der Waals surface area contributed by atoms with Crippen LogP contribution in [0.5, 0.6) is 0 Å². The van der Waals surface area contributed by atoms with Gasteiger partial charge in [-0.3, -0.25) is 0 Å². The van der Waals surface area contributed by atoms with E-state index in [1.165, 1.54) is 5.69 Å². The summed E-state index contributed by atoms with van der Waals surface area (Å²) in [4.78, 5) is 9.69. The molecule has 2 aromatic rings. The van der Waals surface area contributed by atoms with Gasteiger partial charge in [-0.05, 0) is 24.6 Å². The molecule has 2 N–H and O–H groups in total. The van der Waals surface area contributed by atoms with Crippen molar-refractivity contribution >= 4 is 17.3 Å². The van der Waals surface area contributed by atoms with Crippen molar-refractivity contribution in [2.24, 2.45) is 0 Å². The molecule has 2 heterocycles. The van der Waals surface area contributed by atoms with E-state index in [2.05, 4.69) is 26.3 Å². The van der Waals surface area contributed by atoms with Crippen molar-refractivity contribution in [3.63, 3.8) is 0 Å². The van der Waals surface area contributed by atoms with Gasteiger partial charge < -0.3 is 15.2 Å². The zero-order valence-electron chi connectivity index (χ0n) is 10.6. The summed E-state index contributed by atoms with van der Waals surface area (Å²) < 4.78 is 0. The largest absolute Gasteiger partial charge is 0.370 e. The van der Waals surface area contributed by atoms with E-state index in [9.17, 15) is 0 Å². The van der Waals surface area contributed by atoms with Gasteiger partial charge in [0.15, 0.2) is 0 Å². The van der Waals surface area contributed by atoms with Gasteiger partial charge in [-0.2, -0.15) is 0 Å². The summed E-state index contributed by atoms with van der Waals surface area (Å²) in [6.07, 6.45) is 4.78. The summed E-state index contributed by atoms with van der Waals surface area (Å²) in [6, 6.07) is 8.55. The molecule has 1 aromatic heterocycles. The molecule has 1 aliphatic rings. The molecule has 3 rings (SSSR count). The first-order chi connectivity index (χ1) is 9.31. The fraction of sp³-hybridized carbons (Fsp3) is 0.357. The quantitative estimate of drug-likeness (QED) is 0.901. The zero-order chi connectivity index (χ0) is 13.1. The van der Waals surface area contributed by atoms with E-state index in [-0.39, 0.29) is 0 Å². The van der Waals surface area contributed by atoms with Crippen LogP contribution in [-0.4, -0.2) is 29.1 Å². The molecule has 1 saturated heterocycles. The Balaban J connectivity index is 1.55. The number of rotatable bonds is 4. The standard InChI is InChI=1S/C14H17ClN4/c15-11-2-1-3-13(8-11)19-7-4-12(10-19)18-9-14-16-5-6-17-14/h1-3,5-6,8,12,18H,4,7,9-10H2,(H,16,17)/t12-/m0/s1. The molecule has 1 fully saturated rings. The highest BCUT2D eigenvalue weighted by Crippen LogP contribution is 2.23. The lowest BCUT2D eigenvalue weighted by Crippen LogP contribution is -2.32. The van der Waals surface area contributed by atoms with Gasteiger partial charge in [0, 0.05) is 42.2 Å². The molecule has 0 aliphatic carbocycles. The van der Waals surface area contributed by atoms with Crippen LogP contribution in [0.15, 0.2) is 36.7 Å². The summed E-state index contributed by atoms with van der Waals surface area (Å²) in [6.45, 7) is 2.87. The molecule has 0 unspecified atom stereocenters. The number of aromatic nitrogens is 2. The Bertz CT molecular complexity index is 526. The maximum absolute atomic E-state index is 6.03. The van der Waals surface area contributed by atoms with Crippen LogP contribution < -0.4 is 10.2 Å². The van der Waals surface area contributed by atoms with E-state index in [1.807, 2.05) is 24.4 Å². The lowest BCUT2D eigenvalue weighted by atomic mass is 10.2. The molecule has 1 aliphatic heterocycles. The minimum atomic E-state index is 0.504. The van der Waals surface area contributed by atoms with Crippen LogP contribution >= 0.6 is 11.6 Å². The van der Waals surface area contributed by atoms with Crippen LogP contribution in [0.2, 0.25) is 5.02 Å². The van der Waals surface area contributed by atoms with E-state index in [1.54, 1.807) is 6.20 Å². The summed E-state index contributed by atoms with van der Waals surface area (Å²) in [5, 5.41) is 4.33. The third-order valence-electron chi connectivity index (χ3n) is 3.47. The average molecular weight is 277 g/mol. The van der Waals surface area contributed by atoms with Gasteiger partial charge in [0.1, 0.15) is 5.82 Å². The van der Waals surface area contributed by atoms with Crippen molar-refractivity contribution in [3.05, 3.63) is 47.5 Å². The number of hydrogen-bond donors (Lipinski definition) is 2. The van der Waals surface area contributed by atoms with Gasteiger partial charge >= 0.3 is 0 Å². The number of benzene rings is 1. The molecule has 4 nitrogen and oxygen atoms in total. The van der Waals surface area contributed by atoms with Crippen molar-refractivity contribution in [1.82, 2.24) is 15.3 Å². The minimum Gasteiger partial charge on any atom is -0.370 e. The average Bonchev–Trinajstić information content (AvgIpc) is 3.08. The van der Waals surface area contributed by atoms with Crippen LogP contribution in [-0.2, 0) is 6.54 Å². The zero-order valence-corrected chi connectivity index (χ0v) is 11.4. The summed E-state index contributed by atoms with van der Waals surface area (Å²) in [7, 11) is 0. The smallest absolute Gasteiger partial charge is 0.120 e. The van der Waals surface area contributed by atoms with Crippen LogP contribution in [0.1, 0.15) is 12.2 Å². The van der Waals surface area contributed by atoms with Crippen molar-refractivity contribution in [2.75, 3.05) is 18.0 Å². The first kappa shape index (κ1) is 12.5. The first-order valence-electron chi connectivity index (χ1n) is 6.53. The fourth-order valence-electron chi connectivity index (χ4n) is 2.47. The highest BCUT2D eigenvalue weighted by molar-refractivity contribution is 6.30. The Morgan fingerprint density at radius 1 is 1.47 bits per heavy atom. The summed E-state index contributed by atoms with van der Waals surface area (Å²) in [5.41, 5.74) is 1.20. The molecule has 0 bridgehead atoms. The predicted octanol–water partition coefficient (Wildman–Crippen LogP) is 2.43. The summed E-state index contributed by atoms with van der Waals surface area (Å²) in [5.74, 6) is 0.987. The van der Waals surface area contributed by atoms with Crippen LogP contribution in [0, 0.1) is 0 Å². The van der Waals surface area contributed by atoms with E-state index < -0.39 is 0 Å². The van der Waals surface area contributed by atoms with Gasteiger partial charge in [-0.25, -0.2) is 4.98 Å². The lowest BCUT2D eigenvalue weighted by molar-refractivity contribution is 0.541. The number of nitrogens with one attached hydrogen (secondary N) is 2. The molecule has 19 heavy (non-hydrogen) atoms. The number of nitrogens with zero attached hydrogens (tertiary/aromatic N) is 2. The highest BCUT2D eigenvalue weighted by Gasteiger charge is 2.22. The van der Waals surface area contributed by atoms with Crippen LogP contribution in [0.25, 0.3) is 0 Å². The molecule has 0 amide bonds. The Hall–Kier alpha value is -1.52. The Morgan fingerprint density at radius 3 is 3.21 bits per heavy atom. The van der Waals surface area contributed by atoms with Gasteiger partial charge in [0.25, 0.3) is 0 Å². The third-order valence-corrected chi connectivity index (χ3v) is 3.71. The molecule has 1 atom stereocenters. The minimum absolute atomic E-state index is 0.504. The Kier molecular flexibility index (Phi) is 3.71. The van der Waals surface area contributed by atoms with Crippen molar-refractivity contribution in [1.29, 1.82) is 0 Å². The number of anilines is 1. The van der Waals surface area contributed by atoms with Crippen LogP contribution in [0.3, 0.4) is 0 Å². The van der Waals surface area contributed by atoms with Gasteiger partial charge in [0.2, 0.25) is 0 Å². The SMILES string of the molecule is Clc1cccc(N2CC[C@H](NCc3ncc[nH]3)C2)c1. The Morgan fingerprint density at radius 2 is 2.42 bits per heavy atom. The molecular formula is C14H17ClN4. The van der Waals surface area contributed by atoms with Gasteiger partial charge in [-0.15, -0.1) is 0 Å². The monoisotopic (exact) mass is 276 g/mol. The van der Waals surface area contributed by atoms with E-state index in [0.717, 1.165) is 36.9 Å². The molecule has 0 radical (unpaired) electrons. The number of hydrogen-bond acceptors (Lipinski definition) is 3. The molecule has 5 heteroatoms. The van der Waals surface area contributed by atoms with Crippen molar-refractivity contribution in [2.45, 2.75) is 19.0 Å². The predicted molar refractivity (Wildman–Crippen MR) is 77.5 cm³/mol. The van der Waals surface area contributed by atoms with E-state index >= 15 is 0 Å². The van der Waals surface area contributed by atoms with Crippen LogP contribution in [0.4, 0.5) is 5.69 Å². The number of H-pyrrole nitrogens is 1. The Labute approximate surface area is 117 Å². The van der Waals surface area contributed by atoms with E-state index in [4.69, 9.17) is 11.6 Å². The second-order valence-electron chi connectivity index (χ2n) is 4.83. The summed E-state index contributed by atoms with van der Waals surface area (Å²) >= 11 is 6.03. The highest BCUT2D eigenvalue weighted by atomic mass is 35.5. The maximum Gasteiger partial charge on any atom is 0.120 e. The van der Waals surface area contributed by atoms with Gasteiger partial charge in [-0.1, -0.05) is 17.7 Å². The first-order valence-corrected chi connectivity index (χ1v) is 6.91. The number of imidazole rings is 1. The third kappa shape index (κ3) is 3.08. The molecular weight excluding hydrogens is 260 g/mol. The normalized spacial score (nSPS) is 19.0. The topological polar surface area (TPSA) is 44.0 Å². The number of halogens is 1. The lowest BCUT2D eigenvalue weighted by Gasteiger charge is -2.19. The van der Waals surface area contributed by atoms with Gasteiger partial charge in [0.05, 0.1) is 6.54 Å². The fourth-order valence-corrected chi connectivity index (χ4v) is 2.65.